The highest BCUT2D eigenvalue weighted by atomic mass is 16.5. The second-order valence-electron chi connectivity index (χ2n) is 3.87. The molecule has 1 fully saturated rings. The largest absolute Gasteiger partial charge is 0.393 e. The van der Waals surface area contributed by atoms with Gasteiger partial charge < -0.3 is 14.7 Å². The van der Waals surface area contributed by atoms with Crippen LogP contribution in [-0.2, 0) is 9.53 Å². The van der Waals surface area contributed by atoms with Gasteiger partial charge in [0.25, 0.3) is 0 Å². The van der Waals surface area contributed by atoms with E-state index in [-0.39, 0.29) is 17.9 Å². The molecule has 1 rings (SSSR count). The maximum absolute atomic E-state index is 11.5. The Morgan fingerprint density at radius 2 is 2.43 bits per heavy atom. The predicted molar refractivity (Wildman–Crippen MR) is 52.9 cm³/mol. The lowest BCUT2D eigenvalue weighted by Gasteiger charge is -2.17. The van der Waals surface area contributed by atoms with Crippen molar-refractivity contribution in [2.75, 3.05) is 26.8 Å². The fourth-order valence-electron chi connectivity index (χ4n) is 1.76. The van der Waals surface area contributed by atoms with Crippen molar-refractivity contribution in [3.05, 3.63) is 0 Å². The van der Waals surface area contributed by atoms with Gasteiger partial charge in [-0.05, 0) is 13.3 Å². The first-order valence-electron chi connectivity index (χ1n) is 5.10. The minimum Gasteiger partial charge on any atom is -0.393 e. The third-order valence-electron chi connectivity index (χ3n) is 2.78. The highest BCUT2D eigenvalue weighted by molar-refractivity contribution is 5.76. The average Bonchev–Trinajstić information content (AvgIpc) is 2.62. The molecule has 14 heavy (non-hydrogen) atoms. The van der Waals surface area contributed by atoms with Gasteiger partial charge in [0, 0.05) is 26.1 Å². The average molecular weight is 201 g/mol. The first-order valence-corrected chi connectivity index (χ1v) is 5.10. The molecular formula is C10H19NO3. The van der Waals surface area contributed by atoms with E-state index < -0.39 is 0 Å². The van der Waals surface area contributed by atoms with Crippen molar-refractivity contribution in [3.8, 4) is 0 Å². The number of likely N-dealkylation sites (tertiary alicyclic amines) is 1. The number of aliphatic hydroxyl groups is 1. The summed E-state index contributed by atoms with van der Waals surface area (Å²) in [6.45, 7) is 3.74. The van der Waals surface area contributed by atoms with Gasteiger partial charge in [-0.25, -0.2) is 0 Å². The second-order valence-corrected chi connectivity index (χ2v) is 3.87. The van der Waals surface area contributed by atoms with E-state index in [1.165, 1.54) is 0 Å². The molecule has 0 aromatic carbocycles. The van der Waals surface area contributed by atoms with E-state index in [1.54, 1.807) is 14.0 Å². The summed E-state index contributed by atoms with van der Waals surface area (Å²) in [5, 5.41) is 9.37. The first-order chi connectivity index (χ1) is 6.65. The Balaban J connectivity index is 2.30. The fourth-order valence-corrected chi connectivity index (χ4v) is 1.76. The van der Waals surface area contributed by atoms with Crippen LogP contribution in [0, 0.1) is 5.92 Å². The van der Waals surface area contributed by atoms with Crippen LogP contribution in [0.15, 0.2) is 0 Å². The number of carbonyl (C=O) groups excluding carboxylic acids is 1. The Morgan fingerprint density at radius 1 is 1.71 bits per heavy atom. The smallest absolute Gasteiger partial charge is 0.224 e. The van der Waals surface area contributed by atoms with Crippen LogP contribution in [0.5, 0.6) is 0 Å². The van der Waals surface area contributed by atoms with Crippen LogP contribution in [0.25, 0.3) is 0 Å². The van der Waals surface area contributed by atoms with Gasteiger partial charge in [0.05, 0.1) is 19.1 Å². The van der Waals surface area contributed by atoms with E-state index >= 15 is 0 Å². The maximum atomic E-state index is 11.5. The SMILES string of the molecule is COCCC(=O)N1CCC(C(C)O)C1. The lowest BCUT2D eigenvalue weighted by Crippen LogP contribution is -2.30. The topological polar surface area (TPSA) is 49.8 Å². The molecule has 2 atom stereocenters. The fraction of sp³-hybridized carbons (Fsp3) is 0.900. The lowest BCUT2D eigenvalue weighted by atomic mass is 10.0. The molecule has 0 spiro atoms. The van der Waals surface area contributed by atoms with Crippen LogP contribution in [0.1, 0.15) is 19.8 Å². The van der Waals surface area contributed by atoms with Gasteiger partial charge in [0.15, 0.2) is 0 Å². The van der Waals surface area contributed by atoms with Crippen molar-refractivity contribution >= 4 is 5.91 Å². The number of hydrogen-bond donors (Lipinski definition) is 1. The first kappa shape index (κ1) is 11.5. The molecule has 0 radical (unpaired) electrons. The van der Waals surface area contributed by atoms with Crippen LogP contribution in [0.3, 0.4) is 0 Å². The number of carbonyl (C=O) groups is 1. The highest BCUT2D eigenvalue weighted by Gasteiger charge is 2.28. The lowest BCUT2D eigenvalue weighted by molar-refractivity contribution is -0.131. The van der Waals surface area contributed by atoms with Gasteiger partial charge in [-0.2, -0.15) is 0 Å². The summed E-state index contributed by atoms with van der Waals surface area (Å²) in [7, 11) is 1.59. The number of ether oxygens (including phenoxy) is 1. The van der Waals surface area contributed by atoms with Gasteiger partial charge >= 0.3 is 0 Å². The Labute approximate surface area is 84.8 Å². The van der Waals surface area contributed by atoms with E-state index in [1.807, 2.05) is 4.90 Å². The van der Waals surface area contributed by atoms with Crippen LogP contribution >= 0.6 is 0 Å². The summed E-state index contributed by atoms with van der Waals surface area (Å²) < 4.78 is 4.85. The minimum atomic E-state index is -0.310. The zero-order chi connectivity index (χ0) is 10.6. The summed E-state index contributed by atoms with van der Waals surface area (Å²) in [6, 6.07) is 0. The van der Waals surface area contributed by atoms with Crippen LogP contribution < -0.4 is 0 Å². The van der Waals surface area contributed by atoms with Crippen LogP contribution in [0.2, 0.25) is 0 Å². The number of nitrogens with zero attached hydrogens (tertiary/aromatic N) is 1. The molecule has 0 aromatic rings. The molecule has 4 heteroatoms. The molecule has 1 aliphatic rings. The monoisotopic (exact) mass is 201 g/mol. The second kappa shape index (κ2) is 5.32. The number of amides is 1. The van der Waals surface area contributed by atoms with Gasteiger partial charge in [-0.3, -0.25) is 4.79 Å². The Morgan fingerprint density at radius 3 is 2.93 bits per heavy atom. The van der Waals surface area contributed by atoms with Crippen molar-refractivity contribution in [3.63, 3.8) is 0 Å². The quantitative estimate of drug-likeness (QED) is 0.709. The van der Waals surface area contributed by atoms with Crippen LogP contribution in [-0.4, -0.2) is 48.8 Å². The molecule has 1 heterocycles. The summed E-state index contributed by atoms with van der Waals surface area (Å²) in [5.74, 6) is 0.386. The Bertz CT molecular complexity index is 194. The van der Waals surface area contributed by atoms with Crippen molar-refractivity contribution in [2.24, 2.45) is 5.92 Å². The molecule has 1 amide bonds. The highest BCUT2D eigenvalue weighted by Crippen LogP contribution is 2.19. The molecule has 1 saturated heterocycles. The molecule has 0 saturated carbocycles. The number of rotatable bonds is 4. The third kappa shape index (κ3) is 2.96. The van der Waals surface area contributed by atoms with Crippen molar-refractivity contribution in [2.45, 2.75) is 25.9 Å². The van der Waals surface area contributed by atoms with E-state index in [4.69, 9.17) is 4.74 Å². The Hall–Kier alpha value is -0.610. The van der Waals surface area contributed by atoms with E-state index in [9.17, 15) is 9.90 Å². The predicted octanol–water partition coefficient (Wildman–Crippen LogP) is 0.252. The van der Waals surface area contributed by atoms with Crippen molar-refractivity contribution in [1.29, 1.82) is 0 Å². The number of hydrogen-bond acceptors (Lipinski definition) is 3. The summed E-state index contributed by atoms with van der Waals surface area (Å²) in [6.07, 6.45) is 1.05. The normalized spacial score (nSPS) is 23.9. The molecule has 1 N–H and O–H groups in total. The van der Waals surface area contributed by atoms with Gasteiger partial charge in [-0.1, -0.05) is 0 Å². The van der Waals surface area contributed by atoms with Crippen molar-refractivity contribution < 1.29 is 14.6 Å². The zero-order valence-electron chi connectivity index (χ0n) is 8.90. The summed E-state index contributed by atoms with van der Waals surface area (Å²) in [5.41, 5.74) is 0. The van der Waals surface area contributed by atoms with E-state index in [0.717, 1.165) is 13.0 Å². The van der Waals surface area contributed by atoms with E-state index in [0.29, 0.717) is 19.6 Å². The maximum Gasteiger partial charge on any atom is 0.224 e. The zero-order valence-corrected chi connectivity index (χ0v) is 8.90. The van der Waals surface area contributed by atoms with Gasteiger partial charge in [0.2, 0.25) is 5.91 Å². The van der Waals surface area contributed by atoms with Gasteiger partial charge in [0.1, 0.15) is 0 Å². The standard InChI is InChI=1S/C10H19NO3/c1-8(12)9-3-5-11(7-9)10(13)4-6-14-2/h8-9,12H,3-7H2,1-2H3. The summed E-state index contributed by atoms with van der Waals surface area (Å²) >= 11 is 0. The third-order valence-corrected chi connectivity index (χ3v) is 2.78. The molecule has 0 bridgehead atoms. The van der Waals surface area contributed by atoms with E-state index in [2.05, 4.69) is 0 Å². The number of aliphatic hydroxyl groups excluding tert-OH is 1. The van der Waals surface area contributed by atoms with Gasteiger partial charge in [-0.15, -0.1) is 0 Å². The number of methoxy groups -OCH3 is 1. The Kier molecular flexibility index (Phi) is 4.35. The minimum absolute atomic E-state index is 0.134. The molecule has 4 nitrogen and oxygen atoms in total. The van der Waals surface area contributed by atoms with Crippen molar-refractivity contribution in [1.82, 2.24) is 4.90 Å². The molecule has 82 valence electrons. The molecule has 0 aromatic heterocycles. The van der Waals surface area contributed by atoms with Crippen LogP contribution in [0.4, 0.5) is 0 Å². The molecule has 1 aliphatic heterocycles. The molecule has 2 unspecified atom stereocenters. The summed E-state index contributed by atoms with van der Waals surface area (Å²) in [4.78, 5) is 13.4. The molecular weight excluding hydrogens is 182 g/mol. The molecule has 0 aliphatic carbocycles.